The molecule has 0 aliphatic heterocycles. The minimum Gasteiger partial charge on any atom is -0.480 e. The third-order valence-corrected chi connectivity index (χ3v) is 3.31. The second-order valence-electron chi connectivity index (χ2n) is 3.19. The van der Waals surface area contributed by atoms with E-state index in [1.54, 1.807) is 0 Å². The SMILES string of the molecule is O=C(O)CN(CC(=O)O)C(=O)c1cc(Cl)sc1Cl. The van der Waals surface area contributed by atoms with Crippen LogP contribution in [0.4, 0.5) is 0 Å². The zero-order valence-electron chi connectivity index (χ0n) is 8.72. The Bertz CT molecular complexity index is 485. The van der Waals surface area contributed by atoms with Crippen molar-refractivity contribution in [2.75, 3.05) is 13.1 Å². The Labute approximate surface area is 115 Å². The summed E-state index contributed by atoms with van der Waals surface area (Å²) in [7, 11) is 0. The maximum Gasteiger partial charge on any atom is 0.323 e. The molecule has 0 unspecified atom stereocenters. The van der Waals surface area contributed by atoms with Crippen molar-refractivity contribution in [3.05, 3.63) is 20.3 Å². The van der Waals surface area contributed by atoms with E-state index in [1.165, 1.54) is 6.07 Å². The first-order valence-corrected chi connectivity index (χ1v) is 6.06. The molecule has 1 rings (SSSR count). The summed E-state index contributed by atoms with van der Waals surface area (Å²) in [5, 5.41) is 17.2. The minimum absolute atomic E-state index is 0.00540. The van der Waals surface area contributed by atoms with Gasteiger partial charge in [-0.1, -0.05) is 23.2 Å². The van der Waals surface area contributed by atoms with Gasteiger partial charge in [0, 0.05) is 0 Å². The van der Waals surface area contributed by atoms with Crippen LogP contribution in [0.2, 0.25) is 8.67 Å². The number of hydrogen-bond acceptors (Lipinski definition) is 4. The highest BCUT2D eigenvalue weighted by atomic mass is 35.5. The van der Waals surface area contributed by atoms with Crippen LogP contribution in [0.25, 0.3) is 0 Å². The molecular formula is C9H7Cl2NO5S. The van der Waals surface area contributed by atoms with Gasteiger partial charge in [-0.3, -0.25) is 14.4 Å². The van der Waals surface area contributed by atoms with Gasteiger partial charge in [0.1, 0.15) is 17.4 Å². The number of thiophene rings is 1. The molecule has 2 N–H and O–H groups in total. The molecule has 98 valence electrons. The van der Waals surface area contributed by atoms with Crippen LogP contribution in [0.15, 0.2) is 6.07 Å². The maximum atomic E-state index is 11.9. The van der Waals surface area contributed by atoms with Gasteiger partial charge < -0.3 is 15.1 Å². The Kier molecular flexibility index (Phi) is 4.94. The second-order valence-corrected chi connectivity index (χ2v) is 5.47. The van der Waals surface area contributed by atoms with Crippen molar-refractivity contribution in [3.8, 4) is 0 Å². The molecule has 0 aliphatic rings. The Balaban J connectivity index is 2.97. The largest absolute Gasteiger partial charge is 0.480 e. The molecule has 0 saturated carbocycles. The van der Waals surface area contributed by atoms with Gasteiger partial charge in [0.15, 0.2) is 0 Å². The summed E-state index contributed by atoms with van der Waals surface area (Å²) >= 11 is 12.3. The van der Waals surface area contributed by atoms with Gasteiger partial charge in [-0.05, 0) is 6.07 Å². The second kappa shape index (κ2) is 6.03. The standard InChI is InChI=1S/C9H7Cl2NO5S/c10-5-1-4(8(11)18-5)9(17)12(2-6(13)14)3-7(15)16/h1H,2-3H2,(H,13,14)(H,15,16). The van der Waals surface area contributed by atoms with Crippen LogP contribution in [0.1, 0.15) is 10.4 Å². The third-order valence-electron chi connectivity index (χ3n) is 1.83. The lowest BCUT2D eigenvalue weighted by Gasteiger charge is -2.17. The molecule has 0 fully saturated rings. The lowest BCUT2D eigenvalue weighted by atomic mass is 10.3. The van der Waals surface area contributed by atoms with Gasteiger partial charge in [0.05, 0.1) is 9.90 Å². The number of carbonyl (C=O) groups is 3. The molecule has 0 saturated heterocycles. The van der Waals surface area contributed by atoms with Crippen LogP contribution in [0.3, 0.4) is 0 Å². The first kappa shape index (κ1) is 14.7. The van der Waals surface area contributed by atoms with E-state index < -0.39 is 30.9 Å². The highest BCUT2D eigenvalue weighted by Crippen LogP contribution is 2.31. The average molecular weight is 312 g/mol. The van der Waals surface area contributed by atoms with Crippen molar-refractivity contribution >= 4 is 52.4 Å². The summed E-state index contributed by atoms with van der Waals surface area (Å²) in [5.41, 5.74) is -0.00540. The number of hydrogen-bond donors (Lipinski definition) is 2. The number of carboxylic acid groups (broad SMARTS) is 2. The van der Waals surface area contributed by atoms with Crippen LogP contribution >= 0.6 is 34.5 Å². The van der Waals surface area contributed by atoms with Crippen LogP contribution in [0, 0.1) is 0 Å². The number of carboxylic acids is 2. The Hall–Kier alpha value is -1.31. The quantitative estimate of drug-likeness (QED) is 0.862. The van der Waals surface area contributed by atoms with Gasteiger partial charge >= 0.3 is 11.9 Å². The molecule has 1 heterocycles. The molecule has 0 atom stereocenters. The van der Waals surface area contributed by atoms with Crippen LogP contribution in [0.5, 0.6) is 0 Å². The number of carbonyl (C=O) groups excluding carboxylic acids is 1. The molecule has 0 aromatic carbocycles. The van der Waals surface area contributed by atoms with Crippen molar-refractivity contribution in [1.29, 1.82) is 0 Å². The Morgan fingerprint density at radius 2 is 1.67 bits per heavy atom. The lowest BCUT2D eigenvalue weighted by Crippen LogP contribution is -2.39. The van der Waals surface area contributed by atoms with Gasteiger partial charge in [0.2, 0.25) is 0 Å². The smallest absolute Gasteiger partial charge is 0.323 e. The highest BCUT2D eigenvalue weighted by Gasteiger charge is 2.24. The summed E-state index contributed by atoms with van der Waals surface area (Å²) in [5.74, 6) is -3.42. The van der Waals surface area contributed by atoms with Crippen LogP contribution in [-0.4, -0.2) is 46.0 Å². The fourth-order valence-corrected chi connectivity index (χ4v) is 2.63. The Morgan fingerprint density at radius 1 is 1.17 bits per heavy atom. The topological polar surface area (TPSA) is 94.9 Å². The zero-order valence-corrected chi connectivity index (χ0v) is 11.1. The average Bonchev–Trinajstić information content (AvgIpc) is 2.54. The van der Waals surface area contributed by atoms with Gasteiger partial charge in [-0.15, -0.1) is 11.3 Å². The fraction of sp³-hybridized carbons (Fsp3) is 0.222. The summed E-state index contributed by atoms with van der Waals surface area (Å²) in [4.78, 5) is 33.7. The lowest BCUT2D eigenvalue weighted by molar-refractivity contribution is -0.140. The van der Waals surface area contributed by atoms with Crippen molar-refractivity contribution < 1.29 is 24.6 Å². The number of amides is 1. The molecule has 1 aromatic heterocycles. The molecule has 1 amide bonds. The number of rotatable bonds is 5. The molecule has 9 heteroatoms. The van der Waals surface area contributed by atoms with Gasteiger partial charge in [-0.2, -0.15) is 0 Å². The van der Waals surface area contributed by atoms with Crippen molar-refractivity contribution in [2.45, 2.75) is 0 Å². The van der Waals surface area contributed by atoms with E-state index in [0.717, 1.165) is 11.3 Å². The Morgan fingerprint density at radius 3 is 2.00 bits per heavy atom. The van der Waals surface area contributed by atoms with Crippen LogP contribution < -0.4 is 0 Å². The molecule has 1 aromatic rings. The number of aliphatic carboxylic acids is 2. The summed E-state index contributed by atoms with van der Waals surface area (Å²) in [6, 6.07) is 1.27. The zero-order chi connectivity index (χ0) is 13.9. The normalized spacial score (nSPS) is 10.1. The minimum atomic E-state index is -1.32. The highest BCUT2D eigenvalue weighted by molar-refractivity contribution is 7.20. The molecule has 6 nitrogen and oxygen atoms in total. The van der Waals surface area contributed by atoms with E-state index in [-0.39, 0.29) is 14.2 Å². The van der Waals surface area contributed by atoms with E-state index in [4.69, 9.17) is 33.4 Å². The van der Waals surface area contributed by atoms with E-state index in [0.29, 0.717) is 4.90 Å². The predicted octanol–water partition coefficient (Wildman–Crippen LogP) is 1.67. The van der Waals surface area contributed by atoms with E-state index >= 15 is 0 Å². The maximum absolute atomic E-state index is 11.9. The molecular weight excluding hydrogens is 305 g/mol. The first-order chi connectivity index (χ1) is 8.31. The predicted molar refractivity (Wildman–Crippen MR) is 65.5 cm³/mol. The molecule has 18 heavy (non-hydrogen) atoms. The van der Waals surface area contributed by atoms with Gasteiger partial charge in [0.25, 0.3) is 5.91 Å². The van der Waals surface area contributed by atoms with E-state index in [9.17, 15) is 14.4 Å². The van der Waals surface area contributed by atoms with Crippen molar-refractivity contribution in [2.24, 2.45) is 0 Å². The third kappa shape index (κ3) is 3.86. The van der Waals surface area contributed by atoms with E-state index in [2.05, 4.69) is 0 Å². The molecule has 0 aliphatic carbocycles. The summed E-state index contributed by atoms with van der Waals surface area (Å²) < 4.78 is 0.347. The van der Waals surface area contributed by atoms with Crippen molar-refractivity contribution in [3.63, 3.8) is 0 Å². The molecule has 0 bridgehead atoms. The number of halogens is 2. The van der Waals surface area contributed by atoms with Crippen molar-refractivity contribution in [1.82, 2.24) is 4.90 Å². The van der Waals surface area contributed by atoms with E-state index in [1.807, 2.05) is 0 Å². The molecule has 0 radical (unpaired) electrons. The van der Waals surface area contributed by atoms with Gasteiger partial charge in [-0.25, -0.2) is 0 Å². The first-order valence-electron chi connectivity index (χ1n) is 4.49. The fourth-order valence-electron chi connectivity index (χ4n) is 1.18. The number of nitrogens with zero attached hydrogens (tertiary/aromatic N) is 1. The summed E-state index contributed by atoms with van der Waals surface area (Å²) in [6.45, 7) is -1.45. The van der Waals surface area contributed by atoms with Crippen LogP contribution in [-0.2, 0) is 9.59 Å². The molecule has 0 spiro atoms. The monoisotopic (exact) mass is 311 g/mol. The summed E-state index contributed by atoms with van der Waals surface area (Å²) in [6.07, 6.45) is 0.